The summed E-state index contributed by atoms with van der Waals surface area (Å²) in [6.45, 7) is 2.50. The molecule has 0 radical (unpaired) electrons. The van der Waals surface area contributed by atoms with Crippen LogP contribution in [-0.4, -0.2) is 5.91 Å². The van der Waals surface area contributed by atoms with Crippen molar-refractivity contribution in [1.29, 1.82) is 0 Å². The second-order valence-electron chi connectivity index (χ2n) is 4.30. The van der Waals surface area contributed by atoms with E-state index < -0.39 is 0 Å². The van der Waals surface area contributed by atoms with Crippen LogP contribution in [0.5, 0.6) is 0 Å². The summed E-state index contributed by atoms with van der Waals surface area (Å²) in [6.07, 6.45) is 0.470. The normalized spacial score (nSPS) is 9.95. The minimum atomic E-state index is 0.0137. The molecule has 0 aliphatic carbocycles. The van der Waals surface area contributed by atoms with Crippen molar-refractivity contribution < 1.29 is 4.79 Å². The third-order valence-electron chi connectivity index (χ3n) is 2.83. The van der Waals surface area contributed by atoms with Crippen LogP contribution in [0.4, 0.5) is 5.69 Å². The lowest BCUT2D eigenvalue weighted by atomic mass is 10.2. The molecule has 0 spiro atoms. The molecule has 0 bridgehead atoms. The van der Waals surface area contributed by atoms with Gasteiger partial charge >= 0.3 is 0 Å². The van der Waals surface area contributed by atoms with E-state index in [1.54, 1.807) is 0 Å². The van der Waals surface area contributed by atoms with Crippen molar-refractivity contribution in [1.82, 2.24) is 5.43 Å². The topological polar surface area (TPSA) is 32.3 Å². The first-order valence-corrected chi connectivity index (χ1v) is 6.45. The Morgan fingerprint density at radius 3 is 2.16 bits per heavy atom. The van der Waals surface area contributed by atoms with Crippen LogP contribution < -0.4 is 10.4 Å². The third-order valence-corrected chi connectivity index (χ3v) is 2.83. The fourth-order valence-corrected chi connectivity index (χ4v) is 1.80. The van der Waals surface area contributed by atoms with Gasteiger partial charge in [0.2, 0.25) is 5.91 Å². The van der Waals surface area contributed by atoms with Gasteiger partial charge in [-0.3, -0.25) is 15.2 Å². The van der Waals surface area contributed by atoms with Crippen molar-refractivity contribution in [3.63, 3.8) is 0 Å². The average Bonchev–Trinajstić information content (AvgIpc) is 2.48. The first-order valence-electron chi connectivity index (χ1n) is 6.45. The monoisotopic (exact) mass is 254 g/mol. The highest BCUT2D eigenvalue weighted by Crippen LogP contribution is 2.14. The number of nitrogens with zero attached hydrogens (tertiary/aromatic N) is 1. The van der Waals surface area contributed by atoms with Crippen molar-refractivity contribution in [2.45, 2.75) is 19.9 Å². The minimum Gasteiger partial charge on any atom is -0.281 e. The van der Waals surface area contributed by atoms with Crippen LogP contribution in [0.2, 0.25) is 0 Å². The van der Waals surface area contributed by atoms with Crippen LogP contribution in [0.3, 0.4) is 0 Å². The van der Waals surface area contributed by atoms with Gasteiger partial charge in [0.1, 0.15) is 0 Å². The zero-order valence-electron chi connectivity index (χ0n) is 11.0. The minimum absolute atomic E-state index is 0.0137. The van der Waals surface area contributed by atoms with E-state index in [2.05, 4.69) is 5.43 Å². The molecule has 1 N–H and O–H groups in total. The van der Waals surface area contributed by atoms with Gasteiger partial charge in [-0.25, -0.2) is 0 Å². The number of amides is 1. The van der Waals surface area contributed by atoms with E-state index >= 15 is 0 Å². The molecule has 3 heteroatoms. The molecule has 0 aliphatic heterocycles. The van der Waals surface area contributed by atoms with E-state index in [-0.39, 0.29) is 5.91 Å². The molecule has 0 saturated carbocycles. The smallest absolute Gasteiger partial charge is 0.238 e. The van der Waals surface area contributed by atoms with Crippen molar-refractivity contribution in [2.24, 2.45) is 0 Å². The second-order valence-corrected chi connectivity index (χ2v) is 4.30. The van der Waals surface area contributed by atoms with Gasteiger partial charge in [-0.2, -0.15) is 0 Å². The van der Waals surface area contributed by atoms with Crippen LogP contribution in [0, 0.1) is 0 Å². The van der Waals surface area contributed by atoms with Gasteiger partial charge in [-0.05, 0) is 17.7 Å². The van der Waals surface area contributed by atoms with E-state index in [0.717, 1.165) is 11.3 Å². The van der Waals surface area contributed by atoms with Crippen molar-refractivity contribution in [3.05, 3.63) is 66.2 Å². The van der Waals surface area contributed by atoms with Gasteiger partial charge in [0.05, 0.1) is 12.2 Å². The number of carbonyl (C=O) groups excluding carboxylic acids is 1. The second kappa shape index (κ2) is 6.59. The molecule has 1 amide bonds. The number of benzene rings is 2. The summed E-state index contributed by atoms with van der Waals surface area (Å²) in [7, 11) is 0. The Labute approximate surface area is 113 Å². The summed E-state index contributed by atoms with van der Waals surface area (Å²) in [5.74, 6) is 0.0137. The number of carbonyl (C=O) groups is 1. The molecule has 19 heavy (non-hydrogen) atoms. The van der Waals surface area contributed by atoms with Crippen LogP contribution in [-0.2, 0) is 11.3 Å². The summed E-state index contributed by atoms with van der Waals surface area (Å²) in [6, 6.07) is 19.9. The van der Waals surface area contributed by atoms with Gasteiger partial charge < -0.3 is 0 Å². The van der Waals surface area contributed by atoms with E-state index in [0.29, 0.717) is 13.0 Å². The highest BCUT2D eigenvalue weighted by Gasteiger charge is 2.09. The Kier molecular flexibility index (Phi) is 4.56. The Hall–Kier alpha value is -2.29. The fraction of sp³-hybridized carbons (Fsp3) is 0.188. The predicted molar refractivity (Wildman–Crippen MR) is 77.5 cm³/mol. The Morgan fingerprint density at radius 2 is 1.58 bits per heavy atom. The number of nitrogens with one attached hydrogen (secondary N) is 1. The summed E-state index contributed by atoms with van der Waals surface area (Å²) in [5.41, 5.74) is 5.06. The molecule has 0 heterocycles. The van der Waals surface area contributed by atoms with Crippen molar-refractivity contribution in [2.75, 3.05) is 5.01 Å². The molecule has 0 fully saturated rings. The third kappa shape index (κ3) is 3.85. The van der Waals surface area contributed by atoms with Gasteiger partial charge in [0, 0.05) is 6.42 Å². The van der Waals surface area contributed by atoms with E-state index in [4.69, 9.17) is 0 Å². The summed E-state index contributed by atoms with van der Waals surface area (Å²) in [5, 5.41) is 1.88. The lowest BCUT2D eigenvalue weighted by Crippen LogP contribution is -2.41. The van der Waals surface area contributed by atoms with E-state index in [1.165, 1.54) is 0 Å². The highest BCUT2D eigenvalue weighted by atomic mass is 16.2. The lowest BCUT2D eigenvalue weighted by Gasteiger charge is -2.25. The number of hydrogen-bond acceptors (Lipinski definition) is 2. The molecule has 2 aromatic carbocycles. The van der Waals surface area contributed by atoms with Crippen LogP contribution in [0.15, 0.2) is 60.7 Å². The summed E-state index contributed by atoms with van der Waals surface area (Å²) >= 11 is 0. The Balaban J connectivity index is 2.17. The maximum Gasteiger partial charge on any atom is 0.238 e. The average molecular weight is 254 g/mol. The van der Waals surface area contributed by atoms with E-state index in [1.807, 2.05) is 72.6 Å². The molecule has 0 aromatic heterocycles. The van der Waals surface area contributed by atoms with Crippen LogP contribution in [0.25, 0.3) is 0 Å². The molecule has 0 aliphatic rings. The predicted octanol–water partition coefficient (Wildman–Crippen LogP) is 3.13. The van der Waals surface area contributed by atoms with Crippen LogP contribution in [0.1, 0.15) is 18.9 Å². The maximum atomic E-state index is 11.6. The SMILES string of the molecule is CCC(=O)NN(Cc1ccccc1)c1ccccc1. The first kappa shape index (κ1) is 13.1. The molecule has 98 valence electrons. The lowest BCUT2D eigenvalue weighted by molar-refractivity contribution is -0.121. The highest BCUT2D eigenvalue weighted by molar-refractivity contribution is 5.77. The molecular weight excluding hydrogens is 236 g/mol. The molecule has 2 aromatic rings. The first-order chi connectivity index (χ1) is 9.29. The fourth-order valence-electron chi connectivity index (χ4n) is 1.80. The summed E-state index contributed by atoms with van der Waals surface area (Å²) < 4.78 is 0. The summed E-state index contributed by atoms with van der Waals surface area (Å²) in [4.78, 5) is 11.6. The molecule has 3 nitrogen and oxygen atoms in total. The Morgan fingerprint density at radius 1 is 1.00 bits per heavy atom. The maximum absolute atomic E-state index is 11.6. The molecule has 0 saturated heterocycles. The zero-order valence-corrected chi connectivity index (χ0v) is 11.0. The number of rotatable bonds is 5. The number of para-hydroxylation sites is 1. The van der Waals surface area contributed by atoms with Crippen LogP contribution >= 0.6 is 0 Å². The molecular formula is C16H18N2O. The van der Waals surface area contributed by atoms with Crippen molar-refractivity contribution >= 4 is 11.6 Å². The zero-order chi connectivity index (χ0) is 13.5. The number of hydrazine groups is 1. The Bertz CT molecular complexity index is 511. The standard InChI is InChI=1S/C16H18N2O/c1-2-16(19)17-18(15-11-7-4-8-12-15)13-14-9-5-3-6-10-14/h3-12H,2,13H2,1H3,(H,17,19). The van der Waals surface area contributed by atoms with Crippen molar-refractivity contribution in [3.8, 4) is 0 Å². The molecule has 2 rings (SSSR count). The van der Waals surface area contributed by atoms with Gasteiger partial charge in [0.15, 0.2) is 0 Å². The molecule has 0 atom stereocenters. The number of anilines is 1. The van der Waals surface area contributed by atoms with E-state index in [9.17, 15) is 4.79 Å². The molecule has 0 unspecified atom stereocenters. The number of hydrogen-bond donors (Lipinski definition) is 1. The quantitative estimate of drug-likeness (QED) is 0.831. The van der Waals surface area contributed by atoms with Gasteiger partial charge in [-0.15, -0.1) is 0 Å². The van der Waals surface area contributed by atoms with Gasteiger partial charge in [0.25, 0.3) is 0 Å². The van der Waals surface area contributed by atoms with Gasteiger partial charge in [-0.1, -0.05) is 55.5 Å². The largest absolute Gasteiger partial charge is 0.281 e.